The van der Waals surface area contributed by atoms with Gasteiger partial charge in [-0.3, -0.25) is 0 Å². The van der Waals surface area contributed by atoms with Crippen LogP contribution < -0.4 is 5.32 Å². The van der Waals surface area contributed by atoms with Crippen molar-refractivity contribution in [1.29, 1.82) is 0 Å². The maximum Gasteiger partial charge on any atom is 0.321 e. The predicted octanol–water partition coefficient (Wildman–Crippen LogP) is 2.91. The maximum atomic E-state index is 11.3. The standard InChI is InChI=1S/C10H16N2O.C2H6/c1-4-6-9-8(5-2)7-12(3)10(13)11-9;1-2/h5-6H,4,7H2,1-3H3,(H,11,13);1-2H3/b8-5-,9-6+;. The van der Waals surface area contributed by atoms with Crippen LogP contribution in [0.1, 0.15) is 34.1 Å². The lowest BCUT2D eigenvalue weighted by atomic mass is 10.1. The van der Waals surface area contributed by atoms with E-state index in [1.165, 1.54) is 5.57 Å². The Morgan fingerprint density at radius 3 is 2.53 bits per heavy atom. The van der Waals surface area contributed by atoms with Crippen molar-refractivity contribution in [3.05, 3.63) is 23.4 Å². The van der Waals surface area contributed by atoms with Gasteiger partial charge in [-0.05, 0) is 18.9 Å². The van der Waals surface area contributed by atoms with Crippen molar-refractivity contribution in [2.24, 2.45) is 0 Å². The second-order valence-electron chi connectivity index (χ2n) is 3.13. The van der Waals surface area contributed by atoms with Crippen LogP contribution in [-0.2, 0) is 0 Å². The highest BCUT2D eigenvalue weighted by Crippen LogP contribution is 2.14. The third kappa shape index (κ3) is 3.78. The third-order valence-electron chi connectivity index (χ3n) is 2.10. The summed E-state index contributed by atoms with van der Waals surface area (Å²) in [4.78, 5) is 13.0. The van der Waals surface area contributed by atoms with Gasteiger partial charge in [-0.15, -0.1) is 0 Å². The van der Waals surface area contributed by atoms with E-state index in [1.54, 1.807) is 11.9 Å². The Kier molecular flexibility index (Phi) is 6.50. The van der Waals surface area contributed by atoms with E-state index < -0.39 is 0 Å². The van der Waals surface area contributed by atoms with Crippen molar-refractivity contribution < 1.29 is 4.79 Å². The minimum atomic E-state index is -0.0229. The SMILES string of the molecule is C/C=C1/CN(C)C(=O)N/C1=C/CC.CC. The number of likely N-dealkylation sites (N-methyl/N-ethyl adjacent to an activating group) is 1. The monoisotopic (exact) mass is 210 g/mol. The van der Waals surface area contributed by atoms with Crippen molar-refractivity contribution in [3.63, 3.8) is 0 Å². The summed E-state index contributed by atoms with van der Waals surface area (Å²) >= 11 is 0. The molecule has 15 heavy (non-hydrogen) atoms. The van der Waals surface area contributed by atoms with Gasteiger partial charge < -0.3 is 10.2 Å². The average Bonchev–Trinajstić information content (AvgIpc) is 2.26. The van der Waals surface area contributed by atoms with Gasteiger partial charge >= 0.3 is 6.03 Å². The summed E-state index contributed by atoms with van der Waals surface area (Å²) < 4.78 is 0. The summed E-state index contributed by atoms with van der Waals surface area (Å²) in [6, 6.07) is -0.0229. The van der Waals surface area contributed by atoms with Crippen LogP contribution in [-0.4, -0.2) is 24.5 Å². The van der Waals surface area contributed by atoms with E-state index >= 15 is 0 Å². The van der Waals surface area contributed by atoms with E-state index in [1.807, 2.05) is 32.9 Å². The van der Waals surface area contributed by atoms with Gasteiger partial charge in [0.15, 0.2) is 0 Å². The van der Waals surface area contributed by atoms with Crippen molar-refractivity contribution in [2.45, 2.75) is 34.1 Å². The zero-order chi connectivity index (χ0) is 11.8. The number of rotatable bonds is 1. The Morgan fingerprint density at radius 2 is 2.07 bits per heavy atom. The van der Waals surface area contributed by atoms with Gasteiger partial charge in [0.05, 0.1) is 0 Å². The predicted molar refractivity (Wildman–Crippen MR) is 64.6 cm³/mol. The fourth-order valence-electron chi connectivity index (χ4n) is 1.34. The normalized spacial score (nSPS) is 21.1. The molecule has 0 aromatic rings. The largest absolute Gasteiger partial charge is 0.323 e. The van der Waals surface area contributed by atoms with Crippen LogP contribution in [0, 0.1) is 0 Å². The highest BCUT2D eigenvalue weighted by Gasteiger charge is 2.20. The number of allylic oxidation sites excluding steroid dienone is 2. The van der Waals surface area contributed by atoms with E-state index in [4.69, 9.17) is 0 Å². The number of nitrogens with one attached hydrogen (secondary N) is 1. The number of hydrogen-bond acceptors (Lipinski definition) is 1. The first-order valence-corrected chi connectivity index (χ1v) is 5.56. The molecule has 1 rings (SSSR count). The zero-order valence-corrected chi connectivity index (χ0v) is 10.4. The van der Waals surface area contributed by atoms with Gasteiger partial charge in [0, 0.05) is 19.3 Å². The maximum absolute atomic E-state index is 11.3. The molecule has 3 nitrogen and oxygen atoms in total. The topological polar surface area (TPSA) is 32.3 Å². The molecule has 3 heteroatoms. The minimum absolute atomic E-state index is 0.0229. The van der Waals surface area contributed by atoms with Crippen LogP contribution >= 0.6 is 0 Å². The van der Waals surface area contributed by atoms with Gasteiger partial charge in [0.25, 0.3) is 0 Å². The molecule has 1 heterocycles. The third-order valence-corrected chi connectivity index (χ3v) is 2.10. The molecule has 1 aliphatic rings. The van der Waals surface area contributed by atoms with Crippen molar-refractivity contribution in [1.82, 2.24) is 10.2 Å². The Bertz CT molecular complexity index is 267. The van der Waals surface area contributed by atoms with Crippen LogP contribution in [0.5, 0.6) is 0 Å². The van der Waals surface area contributed by atoms with Crippen molar-refractivity contribution in [2.75, 3.05) is 13.6 Å². The Balaban J connectivity index is 0.000000921. The minimum Gasteiger partial charge on any atom is -0.323 e. The number of urea groups is 1. The molecule has 0 radical (unpaired) electrons. The van der Waals surface area contributed by atoms with Gasteiger partial charge in [0.2, 0.25) is 0 Å². The van der Waals surface area contributed by atoms with Crippen LogP contribution in [0.2, 0.25) is 0 Å². The molecule has 1 N–H and O–H groups in total. The number of hydrogen-bond donors (Lipinski definition) is 1. The number of carbonyl (C=O) groups excluding carboxylic acids is 1. The van der Waals surface area contributed by atoms with Crippen molar-refractivity contribution >= 4 is 6.03 Å². The molecular formula is C12H22N2O. The average molecular weight is 210 g/mol. The molecule has 0 atom stereocenters. The van der Waals surface area contributed by atoms with E-state index in [-0.39, 0.29) is 6.03 Å². The second-order valence-corrected chi connectivity index (χ2v) is 3.13. The molecule has 0 aromatic heterocycles. The summed E-state index contributed by atoms with van der Waals surface area (Å²) in [5, 5.41) is 2.85. The summed E-state index contributed by atoms with van der Waals surface area (Å²) in [7, 11) is 1.79. The van der Waals surface area contributed by atoms with E-state index in [9.17, 15) is 4.79 Å². The molecule has 2 amide bonds. The molecule has 1 fully saturated rings. The van der Waals surface area contributed by atoms with E-state index in [0.717, 1.165) is 12.1 Å². The number of nitrogens with zero attached hydrogens (tertiary/aromatic N) is 1. The van der Waals surface area contributed by atoms with Gasteiger partial charge in [0.1, 0.15) is 0 Å². The Hall–Kier alpha value is -1.25. The second kappa shape index (κ2) is 7.10. The molecule has 0 aromatic carbocycles. The number of amides is 2. The lowest BCUT2D eigenvalue weighted by Crippen LogP contribution is -2.44. The fourth-order valence-corrected chi connectivity index (χ4v) is 1.34. The summed E-state index contributed by atoms with van der Waals surface area (Å²) in [6.07, 6.45) is 5.02. The van der Waals surface area contributed by atoms with Gasteiger partial charge in [-0.1, -0.05) is 32.9 Å². The smallest absolute Gasteiger partial charge is 0.321 e. The lowest BCUT2D eigenvalue weighted by Gasteiger charge is -2.27. The summed E-state index contributed by atoms with van der Waals surface area (Å²) in [6.45, 7) is 8.75. The van der Waals surface area contributed by atoms with Crippen LogP contribution in [0.25, 0.3) is 0 Å². The summed E-state index contributed by atoms with van der Waals surface area (Å²) in [5.74, 6) is 0. The van der Waals surface area contributed by atoms with E-state index in [0.29, 0.717) is 6.54 Å². The highest BCUT2D eigenvalue weighted by molar-refractivity contribution is 5.79. The first-order chi connectivity index (χ1) is 7.19. The molecule has 0 unspecified atom stereocenters. The van der Waals surface area contributed by atoms with Gasteiger partial charge in [-0.2, -0.15) is 0 Å². The van der Waals surface area contributed by atoms with Crippen LogP contribution in [0.3, 0.4) is 0 Å². The van der Waals surface area contributed by atoms with E-state index in [2.05, 4.69) is 12.2 Å². The summed E-state index contributed by atoms with van der Waals surface area (Å²) in [5.41, 5.74) is 2.15. The molecule has 1 aliphatic heterocycles. The quantitative estimate of drug-likeness (QED) is 0.709. The molecule has 1 saturated heterocycles. The molecule has 0 spiro atoms. The van der Waals surface area contributed by atoms with Gasteiger partial charge in [-0.25, -0.2) is 4.79 Å². The fraction of sp³-hybridized carbons (Fsp3) is 0.583. The first-order valence-electron chi connectivity index (χ1n) is 5.56. The first kappa shape index (κ1) is 13.8. The Labute approximate surface area is 92.8 Å². The molecule has 86 valence electrons. The molecule has 0 aliphatic carbocycles. The molecule has 0 bridgehead atoms. The van der Waals surface area contributed by atoms with Crippen molar-refractivity contribution in [3.8, 4) is 0 Å². The Morgan fingerprint density at radius 1 is 1.47 bits per heavy atom. The lowest BCUT2D eigenvalue weighted by molar-refractivity contribution is 0.211. The number of carbonyl (C=O) groups is 1. The van der Waals surface area contributed by atoms with Crippen LogP contribution in [0.15, 0.2) is 23.4 Å². The molecular weight excluding hydrogens is 188 g/mol. The molecule has 0 saturated carbocycles. The zero-order valence-electron chi connectivity index (χ0n) is 10.4. The van der Waals surface area contributed by atoms with Crippen LogP contribution in [0.4, 0.5) is 4.79 Å². The highest BCUT2D eigenvalue weighted by atomic mass is 16.2.